The maximum absolute atomic E-state index is 9.06. The van der Waals surface area contributed by atoms with Crippen molar-refractivity contribution in [2.24, 2.45) is 0 Å². The molecule has 0 aromatic carbocycles. The van der Waals surface area contributed by atoms with Crippen molar-refractivity contribution >= 4 is 17.3 Å². The van der Waals surface area contributed by atoms with Crippen molar-refractivity contribution in [3.8, 4) is 0 Å². The average Bonchev–Trinajstić information content (AvgIpc) is 2.23. The molecule has 0 aliphatic rings. The van der Waals surface area contributed by atoms with Gasteiger partial charge in [0.1, 0.15) is 11.6 Å². The van der Waals surface area contributed by atoms with Crippen LogP contribution in [0.2, 0.25) is 0 Å². The van der Waals surface area contributed by atoms with Gasteiger partial charge in [-0.05, 0) is 19.1 Å². The smallest absolute Gasteiger partial charge is 0.149 e. The zero-order valence-electron chi connectivity index (χ0n) is 8.57. The summed E-state index contributed by atoms with van der Waals surface area (Å²) in [5, 5.41) is 21.0. The third-order valence-corrected chi connectivity index (χ3v) is 2.09. The maximum atomic E-state index is 9.06. The topological polar surface area (TPSA) is 117 Å². The Balaban J connectivity index is 2.85. The first-order valence-electron chi connectivity index (χ1n) is 4.52. The largest absolute Gasteiger partial charge is 0.396 e. The third kappa shape index (κ3) is 2.71. The fourth-order valence-electron chi connectivity index (χ4n) is 0.994. The Morgan fingerprint density at radius 3 is 2.40 bits per heavy atom. The van der Waals surface area contributed by atoms with Crippen LogP contribution in [0.4, 0.5) is 17.3 Å². The molecule has 0 radical (unpaired) electrons. The lowest BCUT2D eigenvalue weighted by Crippen LogP contribution is -2.42. The number of nitrogens with zero attached hydrogens (tertiary/aromatic N) is 1. The minimum absolute atomic E-state index is 0.213. The van der Waals surface area contributed by atoms with E-state index in [4.69, 9.17) is 21.7 Å². The predicted octanol–water partition coefficient (Wildman–Crippen LogP) is -0.599. The van der Waals surface area contributed by atoms with Gasteiger partial charge >= 0.3 is 0 Å². The molecular formula is C9H16N4O2. The first kappa shape index (κ1) is 11.5. The number of hydrogen-bond donors (Lipinski definition) is 5. The van der Waals surface area contributed by atoms with Gasteiger partial charge in [-0.15, -0.1) is 0 Å². The molecule has 0 saturated heterocycles. The van der Waals surface area contributed by atoms with E-state index >= 15 is 0 Å². The van der Waals surface area contributed by atoms with Gasteiger partial charge in [0.05, 0.1) is 24.4 Å². The number of nitrogens with one attached hydrogen (secondary N) is 1. The molecule has 7 N–H and O–H groups in total. The molecule has 1 aromatic heterocycles. The van der Waals surface area contributed by atoms with Crippen LogP contribution in [0.1, 0.15) is 6.92 Å². The maximum Gasteiger partial charge on any atom is 0.149 e. The quantitative estimate of drug-likeness (QED) is 0.455. The molecule has 0 amide bonds. The van der Waals surface area contributed by atoms with E-state index in [9.17, 15) is 0 Å². The van der Waals surface area contributed by atoms with Gasteiger partial charge in [-0.25, -0.2) is 4.98 Å². The lowest BCUT2D eigenvalue weighted by Gasteiger charge is -2.26. The number of pyridine rings is 1. The van der Waals surface area contributed by atoms with E-state index in [-0.39, 0.29) is 19.0 Å². The number of aliphatic hydroxyl groups is 2. The van der Waals surface area contributed by atoms with Gasteiger partial charge in [0.2, 0.25) is 0 Å². The molecule has 1 aromatic rings. The van der Waals surface area contributed by atoms with Gasteiger partial charge in [0.15, 0.2) is 0 Å². The van der Waals surface area contributed by atoms with Gasteiger partial charge in [-0.2, -0.15) is 0 Å². The Hall–Kier alpha value is -1.53. The molecule has 6 nitrogen and oxygen atoms in total. The van der Waals surface area contributed by atoms with E-state index in [1.807, 2.05) is 0 Å². The molecule has 0 aliphatic carbocycles. The monoisotopic (exact) mass is 212 g/mol. The van der Waals surface area contributed by atoms with Crippen LogP contribution in [0.25, 0.3) is 0 Å². The van der Waals surface area contributed by atoms with E-state index in [1.54, 1.807) is 19.1 Å². The highest BCUT2D eigenvalue weighted by atomic mass is 16.3. The number of nitrogen functional groups attached to an aromatic ring is 2. The number of rotatable bonds is 4. The Kier molecular flexibility index (Phi) is 3.33. The van der Waals surface area contributed by atoms with Crippen LogP contribution in [0.3, 0.4) is 0 Å². The molecule has 0 aliphatic heterocycles. The molecule has 0 saturated carbocycles. The van der Waals surface area contributed by atoms with Gasteiger partial charge in [-0.1, -0.05) is 0 Å². The first-order chi connectivity index (χ1) is 7.00. The molecule has 1 rings (SSSR count). The molecule has 15 heavy (non-hydrogen) atoms. The average molecular weight is 212 g/mol. The van der Waals surface area contributed by atoms with Crippen molar-refractivity contribution in [2.45, 2.75) is 12.5 Å². The second-order valence-electron chi connectivity index (χ2n) is 3.67. The van der Waals surface area contributed by atoms with E-state index in [1.165, 1.54) is 0 Å². The molecule has 0 atom stereocenters. The first-order valence-corrected chi connectivity index (χ1v) is 4.52. The summed E-state index contributed by atoms with van der Waals surface area (Å²) in [6.07, 6.45) is 0. The Morgan fingerprint density at radius 2 is 1.93 bits per heavy atom. The number of anilines is 3. The lowest BCUT2D eigenvalue weighted by atomic mass is 10.1. The van der Waals surface area contributed by atoms with E-state index in [0.717, 1.165) is 0 Å². The minimum Gasteiger partial charge on any atom is -0.396 e. The van der Waals surface area contributed by atoms with E-state index in [0.29, 0.717) is 11.5 Å². The van der Waals surface area contributed by atoms with Crippen molar-refractivity contribution in [3.05, 3.63) is 12.1 Å². The van der Waals surface area contributed by atoms with Crippen molar-refractivity contribution in [2.75, 3.05) is 30.0 Å². The number of hydrogen-bond acceptors (Lipinski definition) is 6. The predicted molar refractivity (Wildman–Crippen MR) is 59.3 cm³/mol. The van der Waals surface area contributed by atoms with Crippen LogP contribution < -0.4 is 16.8 Å². The van der Waals surface area contributed by atoms with Gasteiger partial charge in [-0.3, -0.25) is 0 Å². The van der Waals surface area contributed by atoms with Gasteiger partial charge in [0, 0.05) is 0 Å². The van der Waals surface area contributed by atoms with E-state index in [2.05, 4.69) is 10.3 Å². The standard InChI is InChI=1S/C9H16N4O2/c1-9(4-14,5-15)13-7-3-2-6(10)8(11)12-7/h2-3,14-15H,4-5,10H2,1H3,(H3,11,12,13). The van der Waals surface area contributed by atoms with Crippen LogP contribution in [0.5, 0.6) is 0 Å². The molecule has 0 fully saturated rings. The second-order valence-corrected chi connectivity index (χ2v) is 3.67. The van der Waals surface area contributed by atoms with Gasteiger partial charge < -0.3 is 27.0 Å². The van der Waals surface area contributed by atoms with Crippen molar-refractivity contribution < 1.29 is 10.2 Å². The molecule has 1 heterocycles. The fourth-order valence-corrected chi connectivity index (χ4v) is 0.994. The van der Waals surface area contributed by atoms with Crippen molar-refractivity contribution in [3.63, 3.8) is 0 Å². The van der Waals surface area contributed by atoms with E-state index < -0.39 is 5.54 Å². The second kappa shape index (κ2) is 4.33. The summed E-state index contributed by atoms with van der Waals surface area (Å²) in [6, 6.07) is 3.25. The lowest BCUT2D eigenvalue weighted by molar-refractivity contribution is 0.147. The minimum atomic E-state index is -0.824. The van der Waals surface area contributed by atoms with Crippen LogP contribution in [0, 0.1) is 0 Å². The highest BCUT2D eigenvalue weighted by Gasteiger charge is 2.22. The molecule has 0 unspecified atom stereocenters. The SMILES string of the molecule is CC(CO)(CO)Nc1ccc(N)c(N)n1. The molecule has 0 bridgehead atoms. The van der Waals surface area contributed by atoms with Crippen LogP contribution >= 0.6 is 0 Å². The highest BCUT2D eigenvalue weighted by Crippen LogP contribution is 2.18. The molecule has 6 heteroatoms. The number of nitrogens with two attached hydrogens (primary N) is 2. The Morgan fingerprint density at radius 1 is 1.33 bits per heavy atom. The zero-order chi connectivity index (χ0) is 11.5. The summed E-state index contributed by atoms with van der Waals surface area (Å²) in [5.74, 6) is 0.686. The van der Waals surface area contributed by atoms with Crippen molar-refractivity contribution in [1.29, 1.82) is 0 Å². The van der Waals surface area contributed by atoms with Crippen LogP contribution in [-0.4, -0.2) is 33.9 Å². The number of aliphatic hydroxyl groups excluding tert-OH is 2. The summed E-state index contributed by atoms with van der Waals surface area (Å²) in [4.78, 5) is 3.97. The summed E-state index contributed by atoms with van der Waals surface area (Å²) < 4.78 is 0. The highest BCUT2D eigenvalue weighted by molar-refractivity contribution is 5.61. The number of aromatic nitrogens is 1. The Labute approximate surface area is 87.9 Å². The molecule has 84 valence electrons. The van der Waals surface area contributed by atoms with Gasteiger partial charge in [0.25, 0.3) is 0 Å². The van der Waals surface area contributed by atoms with Crippen LogP contribution in [-0.2, 0) is 0 Å². The fraction of sp³-hybridized carbons (Fsp3) is 0.444. The molecule has 0 spiro atoms. The summed E-state index contributed by atoms with van der Waals surface area (Å²) >= 11 is 0. The summed E-state index contributed by atoms with van der Waals surface area (Å²) in [5.41, 5.74) is 10.6. The third-order valence-electron chi connectivity index (χ3n) is 2.09. The summed E-state index contributed by atoms with van der Waals surface area (Å²) in [7, 11) is 0. The van der Waals surface area contributed by atoms with Crippen LogP contribution in [0.15, 0.2) is 12.1 Å². The zero-order valence-corrected chi connectivity index (χ0v) is 8.57. The Bertz CT molecular complexity index is 339. The normalized spacial score (nSPS) is 11.4. The summed E-state index contributed by atoms with van der Waals surface area (Å²) in [6.45, 7) is 1.24. The van der Waals surface area contributed by atoms with Crippen molar-refractivity contribution in [1.82, 2.24) is 4.98 Å². The molecular weight excluding hydrogens is 196 g/mol.